The van der Waals surface area contributed by atoms with Crippen LogP contribution in [0.3, 0.4) is 0 Å². The summed E-state index contributed by atoms with van der Waals surface area (Å²) < 4.78 is 12.0. The van der Waals surface area contributed by atoms with Crippen molar-refractivity contribution in [3.8, 4) is 28.0 Å². The van der Waals surface area contributed by atoms with E-state index in [4.69, 9.17) is 9.07 Å². The maximum Gasteiger partial charge on any atom is 0.504 e. The Morgan fingerprint density at radius 2 is 1.08 bits per heavy atom. The smallest absolute Gasteiger partial charge is 0.504 e. The third kappa shape index (κ3) is 3.12. The minimum Gasteiger partial charge on any atom is -0.538 e. The molecule has 1 aromatic heterocycles. The molecule has 0 bridgehead atoms. The third-order valence-electron chi connectivity index (χ3n) is 6.98. The number of fused-ring (bicyclic) bond motifs is 5. The maximum atomic E-state index is 9.56. The van der Waals surface area contributed by atoms with Crippen molar-refractivity contribution in [2.75, 3.05) is 0 Å². The summed E-state index contributed by atoms with van der Waals surface area (Å²) in [5.74, 6) is 0.709. The molecule has 0 aliphatic carbocycles. The van der Waals surface area contributed by atoms with Gasteiger partial charge >= 0.3 is 7.69 Å². The molecule has 0 spiro atoms. The molecule has 6 aromatic carbocycles. The van der Waals surface area contributed by atoms with Crippen LogP contribution in [0, 0.1) is 0 Å². The molecule has 0 amide bonds. The second-order valence-corrected chi connectivity index (χ2v) is 8.93. The van der Waals surface area contributed by atoms with E-state index in [0.29, 0.717) is 5.75 Å². The van der Waals surface area contributed by atoms with Gasteiger partial charge in [-0.3, -0.25) is 0 Å². The lowest BCUT2D eigenvalue weighted by Crippen LogP contribution is -2.02. The average molecular weight is 464 g/mol. The lowest BCUT2D eigenvalue weighted by molar-refractivity contribution is 0.459. The molecule has 0 saturated heterocycles. The van der Waals surface area contributed by atoms with E-state index in [0.717, 1.165) is 65.7 Å². The molecule has 36 heavy (non-hydrogen) atoms. The molecule has 0 unspecified atom stereocenters. The molecular formula is C32H21BO3. The second-order valence-electron chi connectivity index (χ2n) is 8.93. The van der Waals surface area contributed by atoms with Crippen LogP contribution in [0.1, 0.15) is 0 Å². The van der Waals surface area contributed by atoms with E-state index in [9.17, 15) is 5.02 Å². The summed E-state index contributed by atoms with van der Waals surface area (Å²) in [5, 5.41) is 16.0. The Morgan fingerprint density at radius 3 is 1.75 bits per heavy atom. The first-order valence-corrected chi connectivity index (χ1v) is 12.0. The molecule has 4 heteroatoms. The first-order chi connectivity index (χ1) is 17.8. The molecule has 1 N–H and O–H groups in total. The molecule has 0 fully saturated rings. The number of para-hydroxylation sites is 2. The number of rotatable bonds is 4. The normalized spacial score (nSPS) is 11.5. The van der Waals surface area contributed by atoms with Gasteiger partial charge in [0.15, 0.2) is 0 Å². The fourth-order valence-electron chi connectivity index (χ4n) is 5.41. The molecule has 0 saturated carbocycles. The average Bonchev–Trinajstić information content (AvgIpc) is 3.32. The van der Waals surface area contributed by atoms with Gasteiger partial charge in [-0.1, -0.05) is 109 Å². The maximum absolute atomic E-state index is 9.56. The van der Waals surface area contributed by atoms with Gasteiger partial charge in [0.25, 0.3) is 0 Å². The van der Waals surface area contributed by atoms with Gasteiger partial charge in [0, 0.05) is 27.1 Å². The molecule has 7 rings (SSSR count). The predicted octanol–water partition coefficient (Wildman–Crippen LogP) is 7.86. The van der Waals surface area contributed by atoms with Gasteiger partial charge < -0.3 is 14.1 Å². The Bertz CT molecular complexity index is 1840. The van der Waals surface area contributed by atoms with Crippen LogP contribution < -0.4 is 4.65 Å². The molecule has 0 aliphatic rings. The lowest BCUT2D eigenvalue weighted by atomic mass is 9.90. The van der Waals surface area contributed by atoms with Crippen LogP contribution in [-0.4, -0.2) is 12.7 Å². The first-order valence-electron chi connectivity index (χ1n) is 12.0. The van der Waals surface area contributed by atoms with Crippen LogP contribution in [0.5, 0.6) is 5.75 Å². The van der Waals surface area contributed by atoms with Crippen molar-refractivity contribution in [3.63, 3.8) is 0 Å². The molecule has 170 valence electrons. The fourth-order valence-corrected chi connectivity index (χ4v) is 5.41. The molecule has 0 atom stereocenters. The number of hydrogen-bond donors (Lipinski definition) is 1. The van der Waals surface area contributed by atoms with Crippen molar-refractivity contribution in [2.24, 2.45) is 0 Å². The highest BCUT2D eigenvalue weighted by Gasteiger charge is 2.17. The van der Waals surface area contributed by atoms with Crippen LogP contribution in [0.4, 0.5) is 0 Å². The summed E-state index contributed by atoms with van der Waals surface area (Å²) >= 11 is 0. The number of furan rings is 1. The summed E-state index contributed by atoms with van der Waals surface area (Å²) in [5.41, 5.74) is 6.28. The van der Waals surface area contributed by atoms with E-state index < -0.39 is 0 Å². The Kier molecular flexibility index (Phi) is 4.79. The van der Waals surface area contributed by atoms with Crippen LogP contribution >= 0.6 is 0 Å². The van der Waals surface area contributed by atoms with Gasteiger partial charge in [0.2, 0.25) is 0 Å². The monoisotopic (exact) mass is 464 g/mol. The van der Waals surface area contributed by atoms with Crippen LogP contribution in [0.2, 0.25) is 0 Å². The van der Waals surface area contributed by atoms with E-state index in [2.05, 4.69) is 60.7 Å². The highest BCUT2D eigenvalue weighted by Crippen LogP contribution is 2.43. The quantitative estimate of drug-likeness (QED) is 0.213. The molecule has 0 radical (unpaired) electrons. The summed E-state index contributed by atoms with van der Waals surface area (Å²) in [4.78, 5) is 0. The van der Waals surface area contributed by atoms with Crippen molar-refractivity contribution in [2.45, 2.75) is 0 Å². The van der Waals surface area contributed by atoms with Crippen molar-refractivity contribution in [3.05, 3.63) is 115 Å². The van der Waals surface area contributed by atoms with Gasteiger partial charge in [-0.2, -0.15) is 0 Å². The Hall–Kier alpha value is -4.54. The summed E-state index contributed by atoms with van der Waals surface area (Å²) in [6.45, 7) is 0. The van der Waals surface area contributed by atoms with Crippen LogP contribution in [0.25, 0.3) is 65.7 Å². The Balaban J connectivity index is 1.43. The minimum atomic E-state index is -0.366. The molecule has 1 heterocycles. The standard InChI is InChI=1S/C32H21BO3/c34-33-36-32-27-11-3-1-9-24(27)30(25-10-2-4-12-28(25)32)21-18-16-20(17-19-21)22-13-7-14-26-23-8-5-6-15-29(23)35-31(22)26/h1-19,33-34H. The highest BCUT2D eigenvalue weighted by atomic mass is 16.5. The van der Waals surface area contributed by atoms with Crippen LogP contribution in [-0.2, 0) is 0 Å². The Morgan fingerprint density at radius 1 is 0.528 bits per heavy atom. The lowest BCUT2D eigenvalue weighted by Gasteiger charge is -2.17. The fraction of sp³-hybridized carbons (Fsp3) is 0. The number of hydrogen-bond acceptors (Lipinski definition) is 3. The molecule has 7 aromatic rings. The number of benzene rings is 6. The van der Waals surface area contributed by atoms with Gasteiger partial charge in [0.1, 0.15) is 16.9 Å². The van der Waals surface area contributed by atoms with Crippen molar-refractivity contribution < 1.29 is 14.1 Å². The highest BCUT2D eigenvalue weighted by molar-refractivity contribution is 6.22. The largest absolute Gasteiger partial charge is 0.538 e. The molecular weight excluding hydrogens is 443 g/mol. The zero-order chi connectivity index (χ0) is 24.1. The second kappa shape index (κ2) is 8.30. The van der Waals surface area contributed by atoms with E-state index in [-0.39, 0.29) is 7.69 Å². The summed E-state index contributed by atoms with van der Waals surface area (Å²) in [7, 11) is -0.366. The zero-order valence-corrected chi connectivity index (χ0v) is 19.4. The minimum absolute atomic E-state index is 0.366. The van der Waals surface area contributed by atoms with E-state index in [1.165, 1.54) is 0 Å². The summed E-state index contributed by atoms with van der Waals surface area (Å²) in [6, 6.07) is 39.6. The molecule has 3 nitrogen and oxygen atoms in total. The predicted molar refractivity (Wildman–Crippen MR) is 150 cm³/mol. The van der Waals surface area contributed by atoms with Gasteiger partial charge in [-0.05, 0) is 33.5 Å². The van der Waals surface area contributed by atoms with E-state index in [1.807, 2.05) is 54.6 Å². The van der Waals surface area contributed by atoms with Crippen LogP contribution in [0.15, 0.2) is 120 Å². The topological polar surface area (TPSA) is 42.6 Å². The van der Waals surface area contributed by atoms with Crippen molar-refractivity contribution >= 4 is 51.2 Å². The van der Waals surface area contributed by atoms with Gasteiger partial charge in [-0.15, -0.1) is 0 Å². The molecule has 0 aliphatic heterocycles. The SMILES string of the molecule is OBOc1c2ccccc2c(-c2ccc(-c3cccc4c3oc3ccccc34)cc2)c2ccccc12. The first kappa shape index (κ1) is 20.8. The van der Waals surface area contributed by atoms with Crippen molar-refractivity contribution in [1.82, 2.24) is 0 Å². The third-order valence-corrected chi connectivity index (χ3v) is 6.98. The van der Waals surface area contributed by atoms with E-state index in [1.54, 1.807) is 0 Å². The van der Waals surface area contributed by atoms with E-state index >= 15 is 0 Å². The van der Waals surface area contributed by atoms with Gasteiger partial charge in [0.05, 0.1) is 0 Å². The van der Waals surface area contributed by atoms with Gasteiger partial charge in [-0.25, -0.2) is 0 Å². The summed E-state index contributed by atoms with van der Waals surface area (Å²) in [6.07, 6.45) is 0. The zero-order valence-electron chi connectivity index (χ0n) is 19.4. The van der Waals surface area contributed by atoms with Crippen molar-refractivity contribution in [1.29, 1.82) is 0 Å². The Labute approximate surface area is 208 Å².